The largest absolute Gasteiger partial charge is 0.481 e. The van der Waals surface area contributed by atoms with Gasteiger partial charge in [0.2, 0.25) is 0 Å². The molecule has 0 saturated carbocycles. The van der Waals surface area contributed by atoms with Crippen molar-refractivity contribution < 1.29 is 14.3 Å². The van der Waals surface area contributed by atoms with Crippen LogP contribution in [0.5, 0.6) is 0 Å². The van der Waals surface area contributed by atoms with Gasteiger partial charge in [-0.1, -0.05) is 12.1 Å². The third kappa shape index (κ3) is 1.35. The Labute approximate surface area is 79.2 Å². The summed E-state index contributed by atoms with van der Waals surface area (Å²) in [6.45, 7) is 0. The molecule has 14 heavy (non-hydrogen) atoms. The summed E-state index contributed by atoms with van der Waals surface area (Å²) in [4.78, 5) is 13.2. The number of H-pyrrole nitrogens is 1. The maximum atomic E-state index is 13.6. The van der Waals surface area contributed by atoms with Crippen molar-refractivity contribution in [1.29, 1.82) is 0 Å². The third-order valence-electron chi connectivity index (χ3n) is 2.09. The fraction of sp³-hybridized carbons (Fsp3) is 0.100. The first kappa shape index (κ1) is 8.74. The second kappa shape index (κ2) is 3.14. The summed E-state index contributed by atoms with van der Waals surface area (Å²) in [7, 11) is 0. The molecule has 0 unspecified atom stereocenters. The Morgan fingerprint density at radius 2 is 2.21 bits per heavy atom. The quantitative estimate of drug-likeness (QED) is 0.765. The number of halogens is 1. The lowest BCUT2D eigenvalue weighted by molar-refractivity contribution is -0.136. The number of carboxylic acids is 1. The lowest BCUT2D eigenvalue weighted by atomic mass is 10.1. The Balaban J connectivity index is 2.56. The number of nitrogens with one attached hydrogen (secondary N) is 1. The second-order valence-corrected chi connectivity index (χ2v) is 3.05. The number of carbonyl (C=O) groups is 1. The summed E-state index contributed by atoms with van der Waals surface area (Å²) in [5.74, 6) is -1.51. The lowest BCUT2D eigenvalue weighted by Gasteiger charge is -2.00. The minimum Gasteiger partial charge on any atom is -0.481 e. The Morgan fingerprint density at radius 3 is 2.93 bits per heavy atom. The molecule has 1 aromatic heterocycles. The number of carboxylic acid groups (broad SMARTS) is 1. The topological polar surface area (TPSA) is 53.1 Å². The number of aromatic nitrogens is 1. The first-order valence-electron chi connectivity index (χ1n) is 4.15. The van der Waals surface area contributed by atoms with Crippen molar-refractivity contribution in [3.63, 3.8) is 0 Å². The molecular weight excluding hydrogens is 185 g/mol. The molecule has 0 bridgehead atoms. The number of fused-ring (bicyclic) bond motifs is 1. The van der Waals surface area contributed by atoms with Crippen LogP contribution in [0.1, 0.15) is 5.56 Å². The zero-order valence-corrected chi connectivity index (χ0v) is 7.25. The standard InChI is InChI=1S/C10H8FNO2/c11-9-7(5-8(13)14)2-1-6-3-4-12-10(6)9/h1-4,12H,5H2,(H,13,14). The smallest absolute Gasteiger partial charge is 0.307 e. The molecule has 0 radical (unpaired) electrons. The summed E-state index contributed by atoms with van der Waals surface area (Å²) in [5.41, 5.74) is 0.566. The summed E-state index contributed by atoms with van der Waals surface area (Å²) in [6, 6.07) is 4.94. The summed E-state index contributed by atoms with van der Waals surface area (Å²) in [5, 5.41) is 9.28. The molecule has 2 N–H and O–H groups in total. The summed E-state index contributed by atoms with van der Waals surface area (Å²) >= 11 is 0. The van der Waals surface area contributed by atoms with Crippen LogP contribution in [0.15, 0.2) is 24.4 Å². The molecule has 3 nitrogen and oxygen atoms in total. The van der Waals surface area contributed by atoms with Crippen molar-refractivity contribution in [2.75, 3.05) is 0 Å². The molecule has 1 aromatic carbocycles. The van der Waals surface area contributed by atoms with Crippen molar-refractivity contribution in [2.45, 2.75) is 6.42 Å². The fourth-order valence-corrected chi connectivity index (χ4v) is 1.43. The van der Waals surface area contributed by atoms with Crippen LogP contribution in [-0.2, 0) is 11.2 Å². The van der Waals surface area contributed by atoms with Gasteiger partial charge in [0, 0.05) is 17.1 Å². The predicted octanol–water partition coefficient (Wildman–Crippen LogP) is 1.93. The highest BCUT2D eigenvalue weighted by molar-refractivity contribution is 5.82. The van der Waals surface area contributed by atoms with Gasteiger partial charge in [0.25, 0.3) is 0 Å². The maximum Gasteiger partial charge on any atom is 0.307 e. The molecule has 4 heteroatoms. The van der Waals surface area contributed by atoms with E-state index < -0.39 is 11.8 Å². The Morgan fingerprint density at radius 1 is 1.43 bits per heavy atom. The Hall–Kier alpha value is -1.84. The van der Waals surface area contributed by atoms with E-state index in [1.165, 1.54) is 6.07 Å². The van der Waals surface area contributed by atoms with Crippen LogP contribution in [0.25, 0.3) is 10.9 Å². The minimum atomic E-state index is -1.03. The van der Waals surface area contributed by atoms with Gasteiger partial charge in [0.05, 0.1) is 11.9 Å². The molecule has 0 aliphatic heterocycles. The third-order valence-corrected chi connectivity index (χ3v) is 2.09. The summed E-state index contributed by atoms with van der Waals surface area (Å²) < 4.78 is 13.6. The molecule has 2 rings (SSSR count). The highest BCUT2D eigenvalue weighted by atomic mass is 19.1. The van der Waals surface area contributed by atoms with Gasteiger partial charge < -0.3 is 10.1 Å². The number of hydrogen-bond donors (Lipinski definition) is 2. The zero-order valence-electron chi connectivity index (χ0n) is 7.25. The van der Waals surface area contributed by atoms with Gasteiger partial charge in [0.15, 0.2) is 5.82 Å². The average molecular weight is 193 g/mol. The van der Waals surface area contributed by atoms with E-state index in [1.54, 1.807) is 18.3 Å². The molecule has 0 aliphatic carbocycles. The number of aromatic amines is 1. The van der Waals surface area contributed by atoms with Crippen molar-refractivity contribution >= 4 is 16.9 Å². The molecule has 0 aliphatic rings. The van der Waals surface area contributed by atoms with Crippen molar-refractivity contribution in [3.8, 4) is 0 Å². The van der Waals surface area contributed by atoms with Crippen molar-refractivity contribution in [3.05, 3.63) is 35.8 Å². The van der Waals surface area contributed by atoms with E-state index in [1.807, 2.05) is 0 Å². The fourth-order valence-electron chi connectivity index (χ4n) is 1.43. The van der Waals surface area contributed by atoms with E-state index in [-0.39, 0.29) is 12.0 Å². The monoisotopic (exact) mass is 193 g/mol. The van der Waals surface area contributed by atoms with E-state index in [2.05, 4.69) is 4.98 Å². The van der Waals surface area contributed by atoms with E-state index >= 15 is 0 Å². The SMILES string of the molecule is O=C(O)Cc1ccc2cc[nH]c2c1F. The predicted molar refractivity (Wildman–Crippen MR) is 49.6 cm³/mol. The summed E-state index contributed by atoms with van der Waals surface area (Å²) in [6.07, 6.45) is 1.33. The molecule has 2 aromatic rings. The number of rotatable bonds is 2. The molecule has 0 saturated heterocycles. The Bertz CT molecular complexity index is 490. The second-order valence-electron chi connectivity index (χ2n) is 3.05. The normalized spacial score (nSPS) is 10.6. The Kier molecular flexibility index (Phi) is 1.96. The van der Waals surface area contributed by atoms with Gasteiger partial charge in [-0.15, -0.1) is 0 Å². The average Bonchev–Trinajstić information content (AvgIpc) is 2.57. The van der Waals surface area contributed by atoms with Crippen molar-refractivity contribution in [1.82, 2.24) is 4.98 Å². The number of aliphatic carboxylic acids is 1. The highest BCUT2D eigenvalue weighted by Gasteiger charge is 2.10. The van der Waals surface area contributed by atoms with Crippen molar-refractivity contribution in [2.24, 2.45) is 0 Å². The molecule has 0 amide bonds. The van der Waals surface area contributed by atoms with Gasteiger partial charge in [-0.2, -0.15) is 0 Å². The van der Waals surface area contributed by atoms with Gasteiger partial charge in [0.1, 0.15) is 0 Å². The number of benzene rings is 1. The first-order valence-corrected chi connectivity index (χ1v) is 4.15. The molecular formula is C10H8FNO2. The van der Waals surface area contributed by atoms with E-state index in [0.29, 0.717) is 5.52 Å². The van der Waals surface area contributed by atoms with E-state index in [0.717, 1.165) is 5.39 Å². The van der Waals surface area contributed by atoms with E-state index in [4.69, 9.17) is 5.11 Å². The van der Waals surface area contributed by atoms with Gasteiger partial charge in [-0.3, -0.25) is 4.79 Å². The molecule has 0 spiro atoms. The van der Waals surface area contributed by atoms with Crippen LogP contribution in [0.2, 0.25) is 0 Å². The maximum absolute atomic E-state index is 13.6. The van der Waals surface area contributed by atoms with E-state index in [9.17, 15) is 9.18 Å². The van der Waals surface area contributed by atoms with Crippen LogP contribution >= 0.6 is 0 Å². The van der Waals surface area contributed by atoms with Gasteiger partial charge >= 0.3 is 5.97 Å². The van der Waals surface area contributed by atoms with Crippen LogP contribution in [0.3, 0.4) is 0 Å². The van der Waals surface area contributed by atoms with Crippen LogP contribution < -0.4 is 0 Å². The molecule has 1 heterocycles. The number of hydrogen-bond acceptors (Lipinski definition) is 1. The molecule has 0 fully saturated rings. The van der Waals surface area contributed by atoms with Crippen LogP contribution in [0, 0.1) is 5.82 Å². The minimum absolute atomic E-state index is 0.201. The van der Waals surface area contributed by atoms with Crippen LogP contribution in [0.4, 0.5) is 4.39 Å². The van der Waals surface area contributed by atoms with Gasteiger partial charge in [-0.25, -0.2) is 4.39 Å². The molecule has 72 valence electrons. The molecule has 0 atom stereocenters. The lowest BCUT2D eigenvalue weighted by Crippen LogP contribution is -2.02. The van der Waals surface area contributed by atoms with Crippen LogP contribution in [-0.4, -0.2) is 16.1 Å². The zero-order chi connectivity index (χ0) is 10.1. The van der Waals surface area contributed by atoms with Gasteiger partial charge in [-0.05, 0) is 6.07 Å². The first-order chi connectivity index (χ1) is 6.68. The highest BCUT2D eigenvalue weighted by Crippen LogP contribution is 2.19.